The number of aryl methyl sites for hydroxylation is 1. The van der Waals surface area contributed by atoms with Crippen LogP contribution in [0.3, 0.4) is 0 Å². The fourth-order valence-corrected chi connectivity index (χ4v) is 3.47. The minimum absolute atomic E-state index is 0.320. The lowest BCUT2D eigenvalue weighted by Gasteiger charge is -2.17. The highest BCUT2D eigenvalue weighted by Crippen LogP contribution is 2.19. The van der Waals surface area contributed by atoms with Crippen LogP contribution in [0.15, 0.2) is 57.9 Å². The Morgan fingerprint density at radius 1 is 1.10 bits per heavy atom. The Balaban J connectivity index is 2.23. The van der Waals surface area contributed by atoms with Gasteiger partial charge in [-0.05, 0) is 36.8 Å². The van der Waals surface area contributed by atoms with Gasteiger partial charge in [-0.1, -0.05) is 45.8 Å². The quantitative estimate of drug-likeness (QED) is 0.842. The van der Waals surface area contributed by atoms with E-state index in [4.69, 9.17) is 0 Å². The summed E-state index contributed by atoms with van der Waals surface area (Å²) in [6, 6.07) is 14.5. The van der Waals surface area contributed by atoms with Gasteiger partial charge in [-0.15, -0.1) is 0 Å². The molecule has 0 unspecified atom stereocenters. The Hall–Kier alpha value is -1.17. The van der Waals surface area contributed by atoms with Crippen LogP contribution in [0.5, 0.6) is 0 Å². The molecule has 0 amide bonds. The maximum atomic E-state index is 12.4. The second-order valence-corrected chi connectivity index (χ2v) is 7.66. The third kappa shape index (κ3) is 3.48. The van der Waals surface area contributed by atoms with Crippen LogP contribution in [-0.4, -0.2) is 19.8 Å². The van der Waals surface area contributed by atoms with E-state index in [0.717, 1.165) is 15.6 Å². The molecule has 0 spiro atoms. The Kier molecular flexibility index (Phi) is 4.62. The van der Waals surface area contributed by atoms with Crippen LogP contribution in [-0.2, 0) is 16.6 Å². The highest BCUT2D eigenvalue weighted by atomic mass is 79.9. The summed E-state index contributed by atoms with van der Waals surface area (Å²) in [6.07, 6.45) is 0. The van der Waals surface area contributed by atoms with E-state index in [1.165, 1.54) is 4.31 Å². The fourth-order valence-electron chi connectivity index (χ4n) is 1.87. The summed E-state index contributed by atoms with van der Waals surface area (Å²) in [5, 5.41) is 0. The highest BCUT2D eigenvalue weighted by Gasteiger charge is 2.20. The maximum Gasteiger partial charge on any atom is 0.243 e. The predicted octanol–water partition coefficient (Wildman–Crippen LogP) is 3.58. The molecule has 0 fully saturated rings. The molecule has 0 bridgehead atoms. The van der Waals surface area contributed by atoms with Crippen molar-refractivity contribution in [3.63, 3.8) is 0 Å². The smallest absolute Gasteiger partial charge is 0.207 e. The number of nitrogens with zero attached hydrogens (tertiary/aromatic N) is 1. The Morgan fingerprint density at radius 2 is 1.75 bits per heavy atom. The van der Waals surface area contributed by atoms with Crippen LogP contribution >= 0.6 is 15.9 Å². The van der Waals surface area contributed by atoms with E-state index < -0.39 is 10.0 Å². The second-order valence-electron chi connectivity index (χ2n) is 4.70. The average molecular weight is 354 g/mol. The van der Waals surface area contributed by atoms with Gasteiger partial charge in [-0.25, -0.2) is 8.42 Å². The molecule has 106 valence electrons. The summed E-state index contributed by atoms with van der Waals surface area (Å²) in [6.45, 7) is 2.28. The van der Waals surface area contributed by atoms with Crippen LogP contribution < -0.4 is 0 Å². The molecule has 0 N–H and O–H groups in total. The van der Waals surface area contributed by atoms with Crippen molar-refractivity contribution in [2.24, 2.45) is 0 Å². The maximum absolute atomic E-state index is 12.4. The number of halogens is 1. The van der Waals surface area contributed by atoms with Gasteiger partial charge >= 0.3 is 0 Å². The van der Waals surface area contributed by atoms with Gasteiger partial charge < -0.3 is 0 Å². The molecule has 2 aromatic carbocycles. The van der Waals surface area contributed by atoms with Crippen LogP contribution in [0.2, 0.25) is 0 Å². The SMILES string of the molecule is Cc1ccc(S(=O)(=O)N(C)Cc2cccc(Br)c2)cc1. The Bertz CT molecular complexity index is 696. The molecule has 3 nitrogen and oxygen atoms in total. The molecular formula is C15H16BrNO2S. The van der Waals surface area contributed by atoms with Gasteiger partial charge in [0.15, 0.2) is 0 Å². The number of hydrogen-bond acceptors (Lipinski definition) is 2. The summed E-state index contributed by atoms with van der Waals surface area (Å²) in [5.74, 6) is 0. The summed E-state index contributed by atoms with van der Waals surface area (Å²) in [4.78, 5) is 0.320. The van der Waals surface area contributed by atoms with Crippen LogP contribution in [0.4, 0.5) is 0 Å². The number of hydrogen-bond donors (Lipinski definition) is 0. The Labute approximate surface area is 128 Å². The highest BCUT2D eigenvalue weighted by molar-refractivity contribution is 9.10. The lowest BCUT2D eigenvalue weighted by Crippen LogP contribution is -2.26. The molecule has 0 aromatic heterocycles. The first-order chi connectivity index (χ1) is 9.39. The minimum atomic E-state index is -3.45. The van der Waals surface area contributed by atoms with Crippen LogP contribution in [0.1, 0.15) is 11.1 Å². The van der Waals surface area contributed by atoms with Gasteiger partial charge in [0, 0.05) is 18.1 Å². The molecule has 0 saturated carbocycles. The molecule has 0 aliphatic carbocycles. The van der Waals surface area contributed by atoms with Gasteiger partial charge in [0.25, 0.3) is 0 Å². The fraction of sp³-hybridized carbons (Fsp3) is 0.200. The summed E-state index contributed by atoms with van der Waals surface area (Å²) in [5.41, 5.74) is 1.98. The normalized spacial score (nSPS) is 11.8. The largest absolute Gasteiger partial charge is 0.243 e. The zero-order valence-electron chi connectivity index (χ0n) is 11.4. The molecule has 0 saturated heterocycles. The lowest BCUT2D eigenvalue weighted by atomic mass is 10.2. The van der Waals surface area contributed by atoms with E-state index >= 15 is 0 Å². The van der Waals surface area contributed by atoms with Crippen molar-refractivity contribution in [1.82, 2.24) is 4.31 Å². The molecule has 2 aromatic rings. The Morgan fingerprint density at radius 3 is 2.35 bits per heavy atom. The number of benzene rings is 2. The lowest BCUT2D eigenvalue weighted by molar-refractivity contribution is 0.466. The number of sulfonamides is 1. The van der Waals surface area contributed by atoms with Crippen LogP contribution in [0, 0.1) is 6.92 Å². The van der Waals surface area contributed by atoms with Crippen molar-refractivity contribution in [2.75, 3.05) is 7.05 Å². The molecule has 5 heteroatoms. The summed E-state index contributed by atoms with van der Waals surface area (Å²) < 4.78 is 27.2. The average Bonchev–Trinajstić information content (AvgIpc) is 2.39. The first-order valence-electron chi connectivity index (χ1n) is 6.17. The van der Waals surface area contributed by atoms with Crippen molar-refractivity contribution in [2.45, 2.75) is 18.4 Å². The second kappa shape index (κ2) is 6.08. The molecular weight excluding hydrogens is 338 g/mol. The zero-order valence-corrected chi connectivity index (χ0v) is 13.8. The first-order valence-corrected chi connectivity index (χ1v) is 8.40. The van der Waals surface area contributed by atoms with Gasteiger partial charge in [0.2, 0.25) is 10.0 Å². The van der Waals surface area contributed by atoms with Crippen LogP contribution in [0.25, 0.3) is 0 Å². The molecule has 0 heterocycles. The molecule has 0 aliphatic heterocycles. The zero-order chi connectivity index (χ0) is 14.8. The monoisotopic (exact) mass is 353 g/mol. The summed E-state index contributed by atoms with van der Waals surface area (Å²) >= 11 is 3.39. The first kappa shape index (κ1) is 15.2. The van der Waals surface area contributed by atoms with Crippen molar-refractivity contribution >= 4 is 26.0 Å². The van der Waals surface area contributed by atoms with E-state index in [1.54, 1.807) is 31.3 Å². The topological polar surface area (TPSA) is 37.4 Å². The van der Waals surface area contributed by atoms with E-state index in [1.807, 2.05) is 31.2 Å². The van der Waals surface area contributed by atoms with Crippen molar-refractivity contribution in [1.29, 1.82) is 0 Å². The van der Waals surface area contributed by atoms with E-state index in [-0.39, 0.29) is 0 Å². The third-order valence-electron chi connectivity index (χ3n) is 3.02. The molecule has 2 rings (SSSR count). The summed E-state index contributed by atoms with van der Waals surface area (Å²) in [7, 11) is -1.86. The van der Waals surface area contributed by atoms with Gasteiger partial charge in [0.1, 0.15) is 0 Å². The van der Waals surface area contributed by atoms with E-state index in [9.17, 15) is 8.42 Å². The van der Waals surface area contributed by atoms with E-state index in [0.29, 0.717) is 11.4 Å². The molecule has 0 aliphatic rings. The van der Waals surface area contributed by atoms with Gasteiger partial charge in [-0.3, -0.25) is 0 Å². The number of rotatable bonds is 4. The predicted molar refractivity (Wildman–Crippen MR) is 84.0 cm³/mol. The van der Waals surface area contributed by atoms with E-state index in [2.05, 4.69) is 15.9 Å². The molecule has 20 heavy (non-hydrogen) atoms. The van der Waals surface area contributed by atoms with Crippen molar-refractivity contribution in [3.8, 4) is 0 Å². The van der Waals surface area contributed by atoms with Crippen molar-refractivity contribution in [3.05, 3.63) is 64.1 Å². The minimum Gasteiger partial charge on any atom is -0.207 e. The molecule has 0 radical (unpaired) electrons. The van der Waals surface area contributed by atoms with Gasteiger partial charge in [0.05, 0.1) is 4.90 Å². The standard InChI is InChI=1S/C15H16BrNO2S/c1-12-6-8-15(9-7-12)20(18,19)17(2)11-13-4-3-5-14(16)10-13/h3-10H,11H2,1-2H3. The molecule has 0 atom stereocenters. The van der Waals surface area contributed by atoms with Crippen molar-refractivity contribution < 1.29 is 8.42 Å². The third-order valence-corrected chi connectivity index (χ3v) is 5.33. The van der Waals surface area contributed by atoms with Gasteiger partial charge in [-0.2, -0.15) is 4.31 Å².